The third-order valence-corrected chi connectivity index (χ3v) is 1.28. The third-order valence-electron chi connectivity index (χ3n) is 1.28. The van der Waals surface area contributed by atoms with Gasteiger partial charge in [0.05, 0.1) is 6.61 Å². The monoisotopic (exact) mass is 151 g/mol. The fourth-order valence-electron chi connectivity index (χ4n) is 0.815. The topological polar surface area (TPSA) is 39.2 Å². The molecule has 0 atom stereocenters. The predicted molar refractivity (Wildman–Crippen MR) is 40.3 cm³/mol. The first-order chi connectivity index (χ1) is 5.36. The van der Waals surface area contributed by atoms with Gasteiger partial charge in [-0.3, -0.25) is 9.78 Å². The molecular weight excluding hydrogens is 142 g/mol. The summed E-state index contributed by atoms with van der Waals surface area (Å²) in [5, 5.41) is 0. The average molecular weight is 151 g/mol. The molecule has 1 aromatic heterocycles. The largest absolute Gasteiger partial charge is 0.380 e. The Hall–Kier alpha value is -1.22. The summed E-state index contributed by atoms with van der Waals surface area (Å²) in [6, 6.07) is 3.52. The number of nitrogens with zero attached hydrogens (tertiary/aromatic N) is 1. The van der Waals surface area contributed by atoms with E-state index in [0.717, 1.165) is 11.8 Å². The summed E-state index contributed by atoms with van der Waals surface area (Å²) in [6.07, 6.45) is 2.32. The van der Waals surface area contributed by atoms with Crippen LogP contribution in [0.5, 0.6) is 0 Å². The number of carbonyl (C=O) groups excluding carboxylic acids is 1. The van der Waals surface area contributed by atoms with E-state index in [1.54, 1.807) is 19.4 Å². The van der Waals surface area contributed by atoms with Gasteiger partial charge in [0.15, 0.2) is 6.29 Å². The lowest BCUT2D eigenvalue weighted by molar-refractivity contribution is 0.111. The zero-order chi connectivity index (χ0) is 8.10. The Bertz CT molecular complexity index is 248. The Morgan fingerprint density at radius 3 is 3.18 bits per heavy atom. The molecule has 3 nitrogen and oxygen atoms in total. The number of ether oxygens (including phenoxy) is 1. The number of aromatic nitrogens is 1. The number of hydrogen-bond donors (Lipinski definition) is 0. The van der Waals surface area contributed by atoms with Gasteiger partial charge in [0.25, 0.3) is 0 Å². The Morgan fingerprint density at radius 1 is 1.73 bits per heavy atom. The molecule has 1 rings (SSSR count). The normalized spacial score (nSPS) is 9.55. The van der Waals surface area contributed by atoms with Crippen molar-refractivity contribution in [2.75, 3.05) is 7.11 Å². The van der Waals surface area contributed by atoms with Crippen molar-refractivity contribution in [1.82, 2.24) is 4.98 Å². The fourth-order valence-corrected chi connectivity index (χ4v) is 0.815. The molecule has 0 bridgehead atoms. The number of rotatable bonds is 3. The molecule has 0 aliphatic heterocycles. The third kappa shape index (κ3) is 2.13. The minimum absolute atomic E-state index is 0.444. The summed E-state index contributed by atoms with van der Waals surface area (Å²) in [6.45, 7) is 0.517. The Morgan fingerprint density at radius 2 is 2.55 bits per heavy atom. The molecule has 0 spiro atoms. The molecule has 0 fully saturated rings. The van der Waals surface area contributed by atoms with Gasteiger partial charge in [-0.1, -0.05) is 0 Å². The van der Waals surface area contributed by atoms with E-state index in [-0.39, 0.29) is 0 Å². The van der Waals surface area contributed by atoms with E-state index in [1.807, 2.05) is 6.07 Å². The number of pyridine rings is 1. The van der Waals surface area contributed by atoms with Crippen LogP contribution in [0.25, 0.3) is 0 Å². The van der Waals surface area contributed by atoms with Crippen LogP contribution < -0.4 is 0 Å². The van der Waals surface area contributed by atoms with Gasteiger partial charge in [-0.15, -0.1) is 0 Å². The molecule has 1 heterocycles. The van der Waals surface area contributed by atoms with E-state index < -0.39 is 0 Å². The standard InChI is InChI=1S/C8H9NO2/c1-11-6-7-2-3-9-8(4-7)5-10/h2-5H,6H2,1H3. The van der Waals surface area contributed by atoms with E-state index in [2.05, 4.69) is 4.98 Å². The van der Waals surface area contributed by atoms with Crippen LogP contribution in [0, 0.1) is 0 Å². The SMILES string of the molecule is COCc1ccnc(C=O)c1. The quantitative estimate of drug-likeness (QED) is 0.606. The van der Waals surface area contributed by atoms with Gasteiger partial charge in [0.1, 0.15) is 5.69 Å². The second-order valence-electron chi connectivity index (χ2n) is 2.14. The van der Waals surface area contributed by atoms with E-state index >= 15 is 0 Å². The molecule has 11 heavy (non-hydrogen) atoms. The van der Waals surface area contributed by atoms with Gasteiger partial charge in [-0.2, -0.15) is 0 Å². The van der Waals surface area contributed by atoms with Crippen LogP contribution in [0.4, 0.5) is 0 Å². The highest BCUT2D eigenvalue weighted by Gasteiger charge is 1.93. The molecule has 0 saturated heterocycles. The molecule has 58 valence electrons. The lowest BCUT2D eigenvalue weighted by atomic mass is 10.2. The Kier molecular flexibility index (Phi) is 2.74. The highest BCUT2D eigenvalue weighted by atomic mass is 16.5. The lowest BCUT2D eigenvalue weighted by Gasteiger charge is -1.97. The molecule has 0 aliphatic carbocycles. The predicted octanol–water partition coefficient (Wildman–Crippen LogP) is 1.04. The Labute approximate surface area is 65.0 Å². The summed E-state index contributed by atoms with van der Waals surface area (Å²) in [7, 11) is 1.61. The van der Waals surface area contributed by atoms with E-state index in [9.17, 15) is 4.79 Å². The molecular formula is C8H9NO2. The van der Waals surface area contributed by atoms with Crippen LogP contribution in [-0.4, -0.2) is 18.4 Å². The van der Waals surface area contributed by atoms with E-state index in [0.29, 0.717) is 12.3 Å². The van der Waals surface area contributed by atoms with Gasteiger partial charge < -0.3 is 4.74 Å². The maximum atomic E-state index is 10.3. The van der Waals surface area contributed by atoms with Crippen molar-refractivity contribution in [2.24, 2.45) is 0 Å². The van der Waals surface area contributed by atoms with Crippen LogP contribution in [0.2, 0.25) is 0 Å². The van der Waals surface area contributed by atoms with Gasteiger partial charge in [0.2, 0.25) is 0 Å². The summed E-state index contributed by atoms with van der Waals surface area (Å²) in [5.41, 5.74) is 1.41. The highest BCUT2D eigenvalue weighted by Crippen LogP contribution is 2.00. The van der Waals surface area contributed by atoms with Crippen LogP contribution in [0.1, 0.15) is 16.1 Å². The van der Waals surface area contributed by atoms with E-state index in [4.69, 9.17) is 4.74 Å². The smallest absolute Gasteiger partial charge is 0.168 e. The van der Waals surface area contributed by atoms with Crippen molar-refractivity contribution in [3.63, 3.8) is 0 Å². The molecule has 1 aromatic rings. The van der Waals surface area contributed by atoms with Crippen molar-refractivity contribution in [2.45, 2.75) is 6.61 Å². The number of carbonyl (C=O) groups is 1. The molecule has 3 heteroatoms. The first kappa shape index (κ1) is 7.88. The van der Waals surface area contributed by atoms with Crippen molar-refractivity contribution >= 4 is 6.29 Å². The second-order valence-corrected chi connectivity index (χ2v) is 2.14. The molecule has 0 saturated carbocycles. The lowest BCUT2D eigenvalue weighted by Crippen LogP contribution is -1.91. The first-order valence-corrected chi connectivity index (χ1v) is 3.26. The average Bonchev–Trinajstić information content (AvgIpc) is 2.06. The van der Waals surface area contributed by atoms with E-state index in [1.165, 1.54) is 0 Å². The first-order valence-electron chi connectivity index (χ1n) is 3.26. The zero-order valence-corrected chi connectivity index (χ0v) is 6.28. The van der Waals surface area contributed by atoms with Crippen LogP contribution in [-0.2, 0) is 11.3 Å². The Balaban J connectivity index is 2.82. The van der Waals surface area contributed by atoms with Crippen LogP contribution in [0.15, 0.2) is 18.3 Å². The van der Waals surface area contributed by atoms with Gasteiger partial charge in [0, 0.05) is 13.3 Å². The van der Waals surface area contributed by atoms with Crippen molar-refractivity contribution in [3.05, 3.63) is 29.6 Å². The molecule has 0 N–H and O–H groups in total. The number of methoxy groups -OCH3 is 1. The van der Waals surface area contributed by atoms with Crippen LogP contribution in [0.3, 0.4) is 0 Å². The molecule has 0 radical (unpaired) electrons. The van der Waals surface area contributed by atoms with Crippen molar-refractivity contribution in [3.8, 4) is 0 Å². The summed E-state index contributed by atoms with van der Waals surface area (Å²) in [5.74, 6) is 0. The van der Waals surface area contributed by atoms with Crippen molar-refractivity contribution in [1.29, 1.82) is 0 Å². The molecule has 0 unspecified atom stereocenters. The second kappa shape index (κ2) is 3.83. The fraction of sp³-hybridized carbons (Fsp3) is 0.250. The summed E-state index contributed by atoms with van der Waals surface area (Å²) in [4.78, 5) is 14.1. The molecule has 0 aromatic carbocycles. The van der Waals surface area contributed by atoms with Crippen LogP contribution >= 0.6 is 0 Å². The summed E-state index contributed by atoms with van der Waals surface area (Å²) >= 11 is 0. The highest BCUT2D eigenvalue weighted by molar-refractivity contribution is 5.71. The minimum atomic E-state index is 0.444. The number of hydrogen-bond acceptors (Lipinski definition) is 3. The van der Waals surface area contributed by atoms with Crippen molar-refractivity contribution < 1.29 is 9.53 Å². The molecule has 0 amide bonds. The zero-order valence-electron chi connectivity index (χ0n) is 6.28. The maximum absolute atomic E-state index is 10.3. The maximum Gasteiger partial charge on any atom is 0.168 e. The number of aldehydes is 1. The summed E-state index contributed by atoms with van der Waals surface area (Å²) < 4.78 is 4.88. The van der Waals surface area contributed by atoms with Gasteiger partial charge >= 0.3 is 0 Å². The minimum Gasteiger partial charge on any atom is -0.380 e. The van der Waals surface area contributed by atoms with Gasteiger partial charge in [-0.25, -0.2) is 0 Å². The van der Waals surface area contributed by atoms with Gasteiger partial charge in [-0.05, 0) is 17.7 Å². The molecule has 0 aliphatic rings.